The van der Waals surface area contributed by atoms with Crippen LogP contribution in [0.4, 0.5) is 5.82 Å². The van der Waals surface area contributed by atoms with Crippen LogP contribution in [0, 0.1) is 12.0 Å². The van der Waals surface area contributed by atoms with E-state index >= 15 is 0 Å². The Morgan fingerprint density at radius 2 is 2.40 bits per heavy atom. The van der Waals surface area contributed by atoms with E-state index in [1.807, 2.05) is 18.2 Å². The molecule has 0 spiro atoms. The molecule has 0 atom stereocenters. The molecular formula is C8H8N2. The lowest BCUT2D eigenvalue weighted by Gasteiger charge is -1.92. The molecule has 1 rings (SSSR count). The van der Waals surface area contributed by atoms with Crippen molar-refractivity contribution >= 4 is 5.82 Å². The van der Waals surface area contributed by atoms with E-state index in [-0.39, 0.29) is 0 Å². The molecule has 0 unspecified atom stereocenters. The van der Waals surface area contributed by atoms with Crippen molar-refractivity contribution in [2.75, 3.05) is 5.32 Å². The van der Waals surface area contributed by atoms with Gasteiger partial charge in [0.1, 0.15) is 5.82 Å². The van der Waals surface area contributed by atoms with Crippen molar-refractivity contribution in [3.8, 4) is 12.0 Å². The van der Waals surface area contributed by atoms with Crippen molar-refractivity contribution in [2.24, 2.45) is 0 Å². The average molecular weight is 132 g/mol. The minimum Gasteiger partial charge on any atom is -0.299 e. The molecule has 0 aliphatic carbocycles. The largest absolute Gasteiger partial charge is 0.299 e. The summed E-state index contributed by atoms with van der Waals surface area (Å²) < 4.78 is 0. The fraction of sp³-hybridized carbons (Fsp3) is 0.125. The van der Waals surface area contributed by atoms with Crippen LogP contribution < -0.4 is 5.32 Å². The first-order chi connectivity index (χ1) is 4.93. The molecule has 0 aromatic carbocycles. The monoisotopic (exact) mass is 132 g/mol. The van der Waals surface area contributed by atoms with Crippen LogP contribution in [0.15, 0.2) is 24.4 Å². The Kier molecular flexibility index (Phi) is 2.33. The second-order valence-corrected chi connectivity index (χ2v) is 1.71. The highest BCUT2D eigenvalue weighted by Crippen LogP contribution is 1.96. The van der Waals surface area contributed by atoms with E-state index in [9.17, 15) is 0 Å². The third-order valence-electron chi connectivity index (χ3n) is 0.980. The van der Waals surface area contributed by atoms with Gasteiger partial charge in [-0.1, -0.05) is 12.0 Å². The zero-order valence-electron chi connectivity index (χ0n) is 5.76. The summed E-state index contributed by atoms with van der Waals surface area (Å²) >= 11 is 0. The van der Waals surface area contributed by atoms with E-state index < -0.39 is 0 Å². The topological polar surface area (TPSA) is 24.9 Å². The van der Waals surface area contributed by atoms with Gasteiger partial charge in [0.2, 0.25) is 0 Å². The van der Waals surface area contributed by atoms with Crippen LogP contribution in [0.2, 0.25) is 0 Å². The third-order valence-corrected chi connectivity index (χ3v) is 0.980. The molecule has 2 heteroatoms. The number of pyridine rings is 1. The van der Waals surface area contributed by atoms with Gasteiger partial charge in [-0.15, -0.1) is 0 Å². The Labute approximate surface area is 60.3 Å². The molecule has 50 valence electrons. The highest BCUT2D eigenvalue weighted by Gasteiger charge is 1.82. The molecule has 1 heterocycles. The lowest BCUT2D eigenvalue weighted by atomic mass is 10.5. The molecule has 0 amide bonds. The summed E-state index contributed by atoms with van der Waals surface area (Å²) in [7, 11) is 0. The number of anilines is 1. The molecule has 0 saturated heterocycles. The summed E-state index contributed by atoms with van der Waals surface area (Å²) in [6.07, 6.45) is 1.72. The van der Waals surface area contributed by atoms with Crippen molar-refractivity contribution in [1.29, 1.82) is 0 Å². The number of aromatic nitrogens is 1. The van der Waals surface area contributed by atoms with Crippen LogP contribution in [0.25, 0.3) is 0 Å². The molecule has 10 heavy (non-hydrogen) atoms. The number of nitrogens with zero attached hydrogens (tertiary/aromatic N) is 1. The zero-order chi connectivity index (χ0) is 7.23. The molecule has 1 aromatic rings. The van der Waals surface area contributed by atoms with Gasteiger partial charge >= 0.3 is 0 Å². The van der Waals surface area contributed by atoms with Crippen molar-refractivity contribution in [2.45, 2.75) is 6.92 Å². The summed E-state index contributed by atoms with van der Waals surface area (Å²) in [6, 6.07) is 8.34. The van der Waals surface area contributed by atoms with E-state index in [0.717, 1.165) is 5.82 Å². The summed E-state index contributed by atoms with van der Waals surface area (Å²) in [5, 5.41) is 2.82. The number of hydrogen-bond acceptors (Lipinski definition) is 2. The van der Waals surface area contributed by atoms with Gasteiger partial charge in [0.25, 0.3) is 0 Å². The lowest BCUT2D eigenvalue weighted by Crippen LogP contribution is -1.89. The van der Waals surface area contributed by atoms with Crippen molar-refractivity contribution in [1.82, 2.24) is 4.98 Å². The summed E-state index contributed by atoms with van der Waals surface area (Å²) in [6.45, 7) is 1.77. The Balaban J connectivity index is 2.64. The van der Waals surface area contributed by atoms with Crippen LogP contribution in [0.3, 0.4) is 0 Å². The van der Waals surface area contributed by atoms with Gasteiger partial charge in [-0.2, -0.15) is 0 Å². The maximum absolute atomic E-state index is 4.00. The minimum atomic E-state index is 0.789. The predicted octanol–water partition coefficient (Wildman–Crippen LogP) is 1.47. The Bertz CT molecular complexity index is 243. The van der Waals surface area contributed by atoms with Gasteiger partial charge in [-0.25, -0.2) is 4.98 Å². The van der Waals surface area contributed by atoms with Gasteiger partial charge in [0.15, 0.2) is 0 Å². The third kappa shape index (κ3) is 1.79. The SMILES string of the molecule is CC#CNc1ccccn1. The predicted molar refractivity (Wildman–Crippen MR) is 41.3 cm³/mol. The Hall–Kier alpha value is -1.49. The van der Waals surface area contributed by atoms with Crippen molar-refractivity contribution in [3.63, 3.8) is 0 Å². The van der Waals surface area contributed by atoms with E-state index in [2.05, 4.69) is 22.3 Å². The standard InChI is InChI=1S/C8H8N2/c1-2-6-9-8-5-3-4-7-10-8/h3-5,7H,1H3,(H,9,10). The van der Waals surface area contributed by atoms with Crippen LogP contribution in [-0.4, -0.2) is 4.98 Å². The second-order valence-electron chi connectivity index (χ2n) is 1.71. The van der Waals surface area contributed by atoms with Crippen LogP contribution in [0.5, 0.6) is 0 Å². The maximum atomic E-state index is 4.00. The van der Waals surface area contributed by atoms with E-state index in [1.165, 1.54) is 0 Å². The van der Waals surface area contributed by atoms with E-state index in [1.54, 1.807) is 13.1 Å². The summed E-state index contributed by atoms with van der Waals surface area (Å²) in [5.74, 6) is 3.50. The number of nitrogens with one attached hydrogen (secondary N) is 1. The highest BCUT2D eigenvalue weighted by atomic mass is 15.0. The average Bonchev–Trinajstić information content (AvgIpc) is 2.03. The maximum Gasteiger partial charge on any atom is 0.137 e. The molecule has 0 bridgehead atoms. The van der Waals surface area contributed by atoms with E-state index in [4.69, 9.17) is 0 Å². The van der Waals surface area contributed by atoms with Gasteiger partial charge in [0, 0.05) is 12.2 Å². The molecule has 0 radical (unpaired) electrons. The summed E-state index contributed by atoms with van der Waals surface area (Å²) in [5.41, 5.74) is 0. The second kappa shape index (κ2) is 3.52. The molecule has 0 saturated carbocycles. The fourth-order valence-corrected chi connectivity index (χ4v) is 0.563. The molecular weight excluding hydrogens is 124 g/mol. The molecule has 2 nitrogen and oxygen atoms in total. The Morgan fingerprint density at radius 3 is 3.00 bits per heavy atom. The van der Waals surface area contributed by atoms with Gasteiger partial charge in [0.05, 0.1) is 0 Å². The molecule has 0 fully saturated rings. The van der Waals surface area contributed by atoms with Gasteiger partial charge in [-0.3, -0.25) is 5.32 Å². The van der Waals surface area contributed by atoms with Gasteiger partial charge in [-0.05, 0) is 19.1 Å². The van der Waals surface area contributed by atoms with Crippen molar-refractivity contribution < 1.29 is 0 Å². The van der Waals surface area contributed by atoms with Gasteiger partial charge < -0.3 is 0 Å². The number of hydrogen-bond donors (Lipinski definition) is 1. The fourth-order valence-electron chi connectivity index (χ4n) is 0.563. The van der Waals surface area contributed by atoms with Crippen LogP contribution in [-0.2, 0) is 0 Å². The molecule has 0 aliphatic rings. The highest BCUT2D eigenvalue weighted by molar-refractivity contribution is 5.39. The van der Waals surface area contributed by atoms with Crippen LogP contribution >= 0.6 is 0 Å². The normalized spacial score (nSPS) is 7.70. The van der Waals surface area contributed by atoms with Crippen molar-refractivity contribution in [3.05, 3.63) is 24.4 Å². The lowest BCUT2D eigenvalue weighted by molar-refractivity contribution is 1.32. The summed E-state index contributed by atoms with van der Waals surface area (Å²) in [4.78, 5) is 4.00. The first-order valence-corrected chi connectivity index (χ1v) is 3.02. The first kappa shape index (κ1) is 6.63. The molecule has 1 N–H and O–H groups in total. The molecule has 0 aliphatic heterocycles. The van der Waals surface area contributed by atoms with E-state index in [0.29, 0.717) is 0 Å². The zero-order valence-corrected chi connectivity index (χ0v) is 5.76. The minimum absolute atomic E-state index is 0.789. The van der Waals surface area contributed by atoms with Crippen LogP contribution in [0.1, 0.15) is 6.92 Å². The first-order valence-electron chi connectivity index (χ1n) is 3.02. The quantitative estimate of drug-likeness (QED) is 0.462. The smallest absolute Gasteiger partial charge is 0.137 e. The Morgan fingerprint density at radius 1 is 1.50 bits per heavy atom. The number of rotatable bonds is 1. The molecule has 1 aromatic heterocycles.